The van der Waals surface area contributed by atoms with Gasteiger partial charge in [-0.1, -0.05) is 44.2 Å². The van der Waals surface area contributed by atoms with Crippen LogP contribution in [0.1, 0.15) is 45.6 Å². The van der Waals surface area contributed by atoms with E-state index in [9.17, 15) is 28.8 Å². The van der Waals surface area contributed by atoms with E-state index in [0.29, 0.717) is 12.8 Å². The molecule has 220 valence electrons. The van der Waals surface area contributed by atoms with Crippen molar-refractivity contribution < 1.29 is 28.8 Å². The third-order valence-corrected chi connectivity index (χ3v) is 7.31. The summed E-state index contributed by atoms with van der Waals surface area (Å²) in [5.74, 6) is -3.22. The number of nitrogens with one attached hydrogen (secondary N) is 5. The van der Waals surface area contributed by atoms with Crippen LogP contribution in [-0.4, -0.2) is 77.7 Å². The lowest BCUT2D eigenvalue weighted by Crippen LogP contribution is -2.57. The topological polar surface area (TPSA) is 189 Å². The van der Waals surface area contributed by atoms with Crippen LogP contribution in [0.3, 0.4) is 0 Å². The second kappa shape index (κ2) is 16.5. The van der Waals surface area contributed by atoms with Crippen LogP contribution in [0.2, 0.25) is 0 Å². The first-order valence-corrected chi connectivity index (χ1v) is 14.5. The molecule has 0 saturated carbocycles. The molecule has 2 rings (SSSR count). The van der Waals surface area contributed by atoms with Gasteiger partial charge in [0.25, 0.3) is 0 Å². The summed E-state index contributed by atoms with van der Waals surface area (Å²) in [5.41, 5.74) is 6.29. The lowest BCUT2D eigenvalue weighted by Gasteiger charge is -2.26. The molecular formula is C27H40N6O6S. The second-order valence-corrected chi connectivity index (χ2v) is 11.1. The number of thioether (sulfide) groups is 1. The highest BCUT2D eigenvalue weighted by molar-refractivity contribution is 8.00. The number of amides is 6. The van der Waals surface area contributed by atoms with Crippen LogP contribution >= 0.6 is 11.8 Å². The van der Waals surface area contributed by atoms with Gasteiger partial charge in [-0.3, -0.25) is 28.8 Å². The largest absolute Gasteiger partial charge is 0.368 e. The molecule has 12 nitrogen and oxygen atoms in total. The molecule has 1 saturated heterocycles. The van der Waals surface area contributed by atoms with Gasteiger partial charge in [0.05, 0.1) is 12.2 Å². The van der Waals surface area contributed by atoms with E-state index in [2.05, 4.69) is 26.6 Å². The van der Waals surface area contributed by atoms with Gasteiger partial charge < -0.3 is 32.3 Å². The number of carbonyl (C=O) groups excluding carboxylic acids is 6. The number of hydrogen-bond acceptors (Lipinski definition) is 7. The summed E-state index contributed by atoms with van der Waals surface area (Å²) in [6.45, 7) is 5.26. The second-order valence-electron chi connectivity index (χ2n) is 10.1. The Bertz CT molecular complexity index is 1050. The minimum absolute atomic E-state index is 0.0512. The van der Waals surface area contributed by atoms with Gasteiger partial charge in [-0.15, -0.1) is 11.8 Å². The Kier molecular flexibility index (Phi) is 13.4. The maximum atomic E-state index is 12.9. The number of benzene rings is 1. The van der Waals surface area contributed by atoms with E-state index in [4.69, 9.17) is 5.73 Å². The van der Waals surface area contributed by atoms with Crippen molar-refractivity contribution in [1.82, 2.24) is 26.6 Å². The Morgan fingerprint density at radius 2 is 1.70 bits per heavy atom. The molecule has 1 heterocycles. The fourth-order valence-corrected chi connectivity index (χ4v) is 4.85. The predicted octanol–water partition coefficient (Wildman–Crippen LogP) is -0.637. The summed E-state index contributed by atoms with van der Waals surface area (Å²) < 4.78 is 0. The van der Waals surface area contributed by atoms with Gasteiger partial charge in [0.2, 0.25) is 35.4 Å². The van der Waals surface area contributed by atoms with Crippen molar-refractivity contribution in [1.29, 1.82) is 0 Å². The molecule has 0 bridgehead atoms. The quantitative estimate of drug-likeness (QED) is 0.269. The van der Waals surface area contributed by atoms with Crippen molar-refractivity contribution in [3.05, 3.63) is 35.9 Å². The first-order chi connectivity index (χ1) is 19.0. The zero-order chi connectivity index (χ0) is 29.7. The summed E-state index contributed by atoms with van der Waals surface area (Å²) in [5, 5.41) is 13.4. The maximum absolute atomic E-state index is 12.9. The van der Waals surface area contributed by atoms with Gasteiger partial charge in [-0.2, -0.15) is 0 Å². The molecule has 40 heavy (non-hydrogen) atoms. The standard InChI is InChI=1S/C27H40N6O6S/c1-16(2)23-27(39)32-19(24(28)36)11-7-8-12-29-26(38)20(31-21(34)13-18-9-5-4-6-10-18)14-40-15-22(35)30-17(3)25(37)33-23/h4-6,9-10,16-17,19-20,23H,7-8,11-15H2,1-3H3,(H2,28,36)(H,29,38)(H,30,35)(H,31,34)(H,32,39)(H,33,37)/t17?,19?,20-,23?/m0/s1. The minimum atomic E-state index is -0.956. The first kappa shape index (κ1) is 32.6. The van der Waals surface area contributed by atoms with Crippen molar-refractivity contribution >= 4 is 47.2 Å². The molecule has 3 unspecified atom stereocenters. The third kappa shape index (κ3) is 11.2. The van der Waals surface area contributed by atoms with Crippen LogP contribution in [0.4, 0.5) is 0 Å². The Hall–Kier alpha value is -3.61. The Labute approximate surface area is 238 Å². The average molecular weight is 577 g/mol. The molecule has 1 fully saturated rings. The van der Waals surface area contributed by atoms with E-state index in [0.717, 1.165) is 17.3 Å². The summed E-state index contributed by atoms with van der Waals surface area (Å²) in [6.07, 6.45) is 1.31. The first-order valence-electron chi connectivity index (χ1n) is 13.4. The van der Waals surface area contributed by atoms with Gasteiger partial charge in [0, 0.05) is 12.3 Å². The molecule has 1 aliphatic heterocycles. The molecule has 0 aliphatic carbocycles. The van der Waals surface area contributed by atoms with Gasteiger partial charge >= 0.3 is 0 Å². The van der Waals surface area contributed by atoms with Crippen LogP contribution in [0.15, 0.2) is 30.3 Å². The van der Waals surface area contributed by atoms with E-state index in [1.54, 1.807) is 13.8 Å². The summed E-state index contributed by atoms with van der Waals surface area (Å²) in [6, 6.07) is 5.38. The molecule has 7 N–H and O–H groups in total. The molecule has 6 amide bonds. The minimum Gasteiger partial charge on any atom is -0.368 e. The molecule has 1 aliphatic rings. The van der Waals surface area contributed by atoms with Crippen LogP contribution in [0.25, 0.3) is 0 Å². The highest BCUT2D eigenvalue weighted by Gasteiger charge is 2.30. The Morgan fingerprint density at radius 3 is 2.35 bits per heavy atom. The molecule has 4 atom stereocenters. The summed E-state index contributed by atoms with van der Waals surface area (Å²) in [4.78, 5) is 75.6. The van der Waals surface area contributed by atoms with Crippen LogP contribution in [0, 0.1) is 5.92 Å². The Balaban J connectivity index is 2.14. The maximum Gasteiger partial charge on any atom is 0.243 e. The molecule has 1 aromatic carbocycles. The molecular weight excluding hydrogens is 536 g/mol. The van der Waals surface area contributed by atoms with Crippen molar-refractivity contribution in [2.24, 2.45) is 11.7 Å². The highest BCUT2D eigenvalue weighted by atomic mass is 32.2. The SMILES string of the molecule is CC1NC(=O)CSC[C@H](NC(=O)Cc2ccccc2)C(=O)NCCCCC(C(N)=O)NC(=O)C(C(C)C)NC1=O. The van der Waals surface area contributed by atoms with Crippen molar-refractivity contribution in [2.75, 3.05) is 18.1 Å². The zero-order valence-corrected chi connectivity index (χ0v) is 24.0. The van der Waals surface area contributed by atoms with E-state index in [1.165, 1.54) is 6.92 Å². The number of nitrogens with two attached hydrogens (primary N) is 1. The monoisotopic (exact) mass is 576 g/mol. The fraction of sp³-hybridized carbons (Fsp3) is 0.556. The number of hydrogen-bond donors (Lipinski definition) is 6. The van der Waals surface area contributed by atoms with E-state index in [-0.39, 0.29) is 42.7 Å². The molecule has 0 spiro atoms. The van der Waals surface area contributed by atoms with Gasteiger partial charge in [0.15, 0.2) is 0 Å². The van der Waals surface area contributed by atoms with Gasteiger partial charge in [-0.25, -0.2) is 0 Å². The highest BCUT2D eigenvalue weighted by Crippen LogP contribution is 2.09. The molecule has 13 heteroatoms. The lowest BCUT2D eigenvalue weighted by molar-refractivity contribution is -0.133. The van der Waals surface area contributed by atoms with E-state index in [1.807, 2.05) is 30.3 Å². The molecule has 0 aromatic heterocycles. The van der Waals surface area contributed by atoms with Crippen molar-refractivity contribution in [3.8, 4) is 0 Å². The van der Waals surface area contributed by atoms with Crippen molar-refractivity contribution in [3.63, 3.8) is 0 Å². The summed E-state index contributed by atoms with van der Waals surface area (Å²) in [7, 11) is 0. The van der Waals surface area contributed by atoms with E-state index < -0.39 is 53.7 Å². The molecule has 0 radical (unpaired) electrons. The number of carbonyl (C=O) groups is 6. The van der Waals surface area contributed by atoms with E-state index >= 15 is 0 Å². The predicted molar refractivity (Wildman–Crippen MR) is 152 cm³/mol. The molecule has 1 aromatic rings. The van der Waals surface area contributed by atoms with Gasteiger partial charge in [-0.05, 0) is 37.7 Å². The van der Waals surface area contributed by atoms with Crippen LogP contribution in [0.5, 0.6) is 0 Å². The number of rotatable bonds is 5. The Morgan fingerprint density at radius 1 is 1.00 bits per heavy atom. The fourth-order valence-electron chi connectivity index (χ4n) is 4.00. The lowest BCUT2D eigenvalue weighted by atomic mass is 10.0. The smallest absolute Gasteiger partial charge is 0.243 e. The average Bonchev–Trinajstić information content (AvgIpc) is 2.89. The van der Waals surface area contributed by atoms with Crippen molar-refractivity contribution in [2.45, 2.75) is 70.6 Å². The number of primary amides is 1. The third-order valence-electron chi connectivity index (χ3n) is 6.27. The summed E-state index contributed by atoms with van der Waals surface area (Å²) >= 11 is 1.15. The zero-order valence-electron chi connectivity index (χ0n) is 23.2. The normalized spacial score (nSPS) is 24.3. The van der Waals surface area contributed by atoms with Crippen LogP contribution in [-0.2, 0) is 35.2 Å². The van der Waals surface area contributed by atoms with Crippen LogP contribution < -0.4 is 32.3 Å². The van der Waals surface area contributed by atoms with Gasteiger partial charge in [0.1, 0.15) is 24.2 Å².